The Bertz CT molecular complexity index is 887. The molecule has 3 heteroatoms. The number of aromatic nitrogens is 1. The minimum Gasteiger partial charge on any atom is -0.486 e. The second kappa shape index (κ2) is 7.39. The summed E-state index contributed by atoms with van der Waals surface area (Å²) in [6, 6.07) is 16.7. The summed E-state index contributed by atoms with van der Waals surface area (Å²) in [5, 5.41) is 3.19. The van der Waals surface area contributed by atoms with Crippen molar-refractivity contribution in [1.29, 1.82) is 0 Å². The van der Waals surface area contributed by atoms with Crippen molar-refractivity contribution in [3.63, 3.8) is 0 Å². The molecule has 128 valence electrons. The highest BCUT2D eigenvalue weighted by Gasteiger charge is 2.08. The molecule has 0 bridgehead atoms. The van der Waals surface area contributed by atoms with Crippen LogP contribution >= 0.6 is 0 Å². The number of ether oxygens (including phenoxy) is 1. The molecule has 3 nitrogen and oxygen atoms in total. The average molecular weight is 332 g/mol. The van der Waals surface area contributed by atoms with Crippen molar-refractivity contribution < 1.29 is 4.74 Å². The Kier molecular flexibility index (Phi) is 5.03. The Morgan fingerprint density at radius 2 is 1.80 bits per heavy atom. The van der Waals surface area contributed by atoms with Gasteiger partial charge in [-0.25, -0.2) is 0 Å². The molecule has 0 fully saturated rings. The lowest BCUT2D eigenvalue weighted by Gasteiger charge is -2.15. The predicted molar refractivity (Wildman–Crippen MR) is 104 cm³/mol. The molecule has 0 unspecified atom stereocenters. The van der Waals surface area contributed by atoms with Crippen molar-refractivity contribution in [2.24, 2.45) is 0 Å². The van der Waals surface area contributed by atoms with Gasteiger partial charge in [-0.3, -0.25) is 4.98 Å². The van der Waals surface area contributed by atoms with E-state index in [0.717, 1.165) is 28.3 Å². The van der Waals surface area contributed by atoms with E-state index < -0.39 is 0 Å². The van der Waals surface area contributed by atoms with E-state index in [1.807, 2.05) is 31.4 Å². The first-order chi connectivity index (χ1) is 12.1. The molecule has 25 heavy (non-hydrogen) atoms. The number of para-hydroxylation sites is 1. The minimum atomic E-state index is 0.549. The molecule has 1 heterocycles. The summed E-state index contributed by atoms with van der Waals surface area (Å²) in [7, 11) is 1.91. The summed E-state index contributed by atoms with van der Waals surface area (Å²) >= 11 is 0. The van der Waals surface area contributed by atoms with Gasteiger partial charge < -0.3 is 10.1 Å². The quantitative estimate of drug-likeness (QED) is 0.689. The SMILES string of the molecule is CNc1cccc(C)c1OCc1ccc(-c2cc(C)ccn2)cc1C. The lowest BCUT2D eigenvalue weighted by atomic mass is 10.0. The van der Waals surface area contributed by atoms with E-state index in [1.54, 1.807) is 0 Å². The highest BCUT2D eigenvalue weighted by Crippen LogP contribution is 2.29. The maximum atomic E-state index is 6.11. The van der Waals surface area contributed by atoms with Crippen molar-refractivity contribution in [3.05, 3.63) is 77.0 Å². The maximum Gasteiger partial charge on any atom is 0.145 e. The number of benzene rings is 2. The highest BCUT2D eigenvalue weighted by molar-refractivity contribution is 5.62. The zero-order chi connectivity index (χ0) is 17.8. The lowest BCUT2D eigenvalue weighted by Crippen LogP contribution is -2.02. The second-order valence-corrected chi connectivity index (χ2v) is 6.35. The van der Waals surface area contributed by atoms with Gasteiger partial charge in [-0.1, -0.05) is 24.3 Å². The first-order valence-corrected chi connectivity index (χ1v) is 8.51. The van der Waals surface area contributed by atoms with E-state index in [0.29, 0.717) is 6.61 Å². The van der Waals surface area contributed by atoms with Crippen molar-refractivity contribution in [3.8, 4) is 17.0 Å². The van der Waals surface area contributed by atoms with Crippen LogP contribution < -0.4 is 10.1 Å². The molecule has 0 saturated carbocycles. The van der Waals surface area contributed by atoms with Crippen LogP contribution in [-0.2, 0) is 6.61 Å². The molecule has 2 aromatic carbocycles. The topological polar surface area (TPSA) is 34.1 Å². The molecule has 0 saturated heterocycles. The molecule has 3 rings (SSSR count). The number of aryl methyl sites for hydroxylation is 3. The summed E-state index contributed by atoms with van der Waals surface area (Å²) in [5.41, 5.74) is 7.89. The van der Waals surface area contributed by atoms with Gasteiger partial charge in [0, 0.05) is 18.8 Å². The van der Waals surface area contributed by atoms with Crippen LogP contribution in [0.4, 0.5) is 5.69 Å². The summed E-state index contributed by atoms with van der Waals surface area (Å²) in [4.78, 5) is 4.47. The standard InChI is InChI=1S/C22H24N2O/c1-15-10-11-24-21(12-15)18-8-9-19(17(3)13-18)14-25-22-16(2)6-5-7-20(22)23-4/h5-13,23H,14H2,1-4H3. The molecule has 0 atom stereocenters. The van der Waals surface area contributed by atoms with Crippen LogP contribution in [0, 0.1) is 20.8 Å². The molecular weight excluding hydrogens is 308 g/mol. The van der Waals surface area contributed by atoms with Crippen LogP contribution in [0.3, 0.4) is 0 Å². The minimum absolute atomic E-state index is 0.549. The molecule has 0 aliphatic carbocycles. The molecule has 0 aliphatic rings. The van der Waals surface area contributed by atoms with Gasteiger partial charge in [-0.2, -0.15) is 0 Å². The number of hydrogen-bond donors (Lipinski definition) is 1. The number of nitrogens with one attached hydrogen (secondary N) is 1. The maximum absolute atomic E-state index is 6.11. The van der Waals surface area contributed by atoms with E-state index >= 15 is 0 Å². The van der Waals surface area contributed by atoms with Gasteiger partial charge >= 0.3 is 0 Å². The zero-order valence-corrected chi connectivity index (χ0v) is 15.3. The monoisotopic (exact) mass is 332 g/mol. The van der Waals surface area contributed by atoms with Gasteiger partial charge in [0.1, 0.15) is 12.4 Å². The first-order valence-electron chi connectivity index (χ1n) is 8.51. The molecule has 0 spiro atoms. The smallest absolute Gasteiger partial charge is 0.145 e. The van der Waals surface area contributed by atoms with Crippen molar-refractivity contribution in [1.82, 2.24) is 4.98 Å². The third-order valence-electron chi connectivity index (χ3n) is 4.41. The number of rotatable bonds is 5. The van der Waals surface area contributed by atoms with Crippen LogP contribution in [0.1, 0.15) is 22.3 Å². The van der Waals surface area contributed by atoms with Crippen LogP contribution in [-0.4, -0.2) is 12.0 Å². The Morgan fingerprint density at radius 1 is 0.960 bits per heavy atom. The van der Waals surface area contributed by atoms with E-state index in [9.17, 15) is 0 Å². The third-order valence-corrected chi connectivity index (χ3v) is 4.41. The van der Waals surface area contributed by atoms with Gasteiger partial charge in [-0.15, -0.1) is 0 Å². The third kappa shape index (κ3) is 3.82. The molecule has 3 aromatic rings. The second-order valence-electron chi connectivity index (χ2n) is 6.35. The fourth-order valence-corrected chi connectivity index (χ4v) is 2.90. The van der Waals surface area contributed by atoms with Gasteiger partial charge in [0.2, 0.25) is 0 Å². The van der Waals surface area contributed by atoms with Crippen LogP contribution in [0.25, 0.3) is 11.3 Å². The Balaban J connectivity index is 1.81. The number of hydrogen-bond acceptors (Lipinski definition) is 3. The van der Waals surface area contributed by atoms with E-state index in [4.69, 9.17) is 4.74 Å². The summed E-state index contributed by atoms with van der Waals surface area (Å²) in [5.74, 6) is 0.911. The van der Waals surface area contributed by atoms with Crippen LogP contribution in [0.15, 0.2) is 54.7 Å². The molecule has 1 N–H and O–H groups in total. The molecule has 0 aliphatic heterocycles. The van der Waals surface area contributed by atoms with Gasteiger partial charge in [0.15, 0.2) is 0 Å². The van der Waals surface area contributed by atoms with Crippen molar-refractivity contribution in [2.45, 2.75) is 27.4 Å². The van der Waals surface area contributed by atoms with Gasteiger partial charge in [-0.05, 0) is 67.3 Å². The normalized spacial score (nSPS) is 10.6. The van der Waals surface area contributed by atoms with Gasteiger partial charge in [0.25, 0.3) is 0 Å². The van der Waals surface area contributed by atoms with Crippen LogP contribution in [0.5, 0.6) is 5.75 Å². The van der Waals surface area contributed by atoms with Crippen molar-refractivity contribution in [2.75, 3.05) is 12.4 Å². The fourth-order valence-electron chi connectivity index (χ4n) is 2.90. The molecular formula is C22H24N2O. The van der Waals surface area contributed by atoms with Crippen LogP contribution in [0.2, 0.25) is 0 Å². The lowest BCUT2D eigenvalue weighted by molar-refractivity contribution is 0.305. The summed E-state index contributed by atoms with van der Waals surface area (Å²) < 4.78 is 6.11. The predicted octanol–water partition coefficient (Wildman–Crippen LogP) is 5.29. The largest absolute Gasteiger partial charge is 0.486 e. The number of nitrogens with zero attached hydrogens (tertiary/aromatic N) is 1. The van der Waals surface area contributed by atoms with E-state index in [2.05, 4.69) is 61.4 Å². The Labute approximate surface area is 149 Å². The van der Waals surface area contributed by atoms with Gasteiger partial charge in [0.05, 0.1) is 11.4 Å². The molecule has 0 amide bonds. The van der Waals surface area contributed by atoms with E-state index in [1.165, 1.54) is 16.7 Å². The van der Waals surface area contributed by atoms with Crippen molar-refractivity contribution >= 4 is 5.69 Å². The fraction of sp³-hybridized carbons (Fsp3) is 0.227. The average Bonchev–Trinajstić information content (AvgIpc) is 2.61. The molecule has 1 aromatic heterocycles. The van der Waals surface area contributed by atoms with E-state index in [-0.39, 0.29) is 0 Å². The Hall–Kier alpha value is -2.81. The zero-order valence-electron chi connectivity index (χ0n) is 15.3. The Morgan fingerprint density at radius 3 is 2.52 bits per heavy atom. The summed E-state index contributed by atoms with van der Waals surface area (Å²) in [6.45, 7) is 6.82. The summed E-state index contributed by atoms with van der Waals surface area (Å²) in [6.07, 6.45) is 1.86. The number of pyridine rings is 1. The number of anilines is 1. The molecule has 0 radical (unpaired) electrons. The first kappa shape index (κ1) is 17.0. The highest BCUT2D eigenvalue weighted by atomic mass is 16.5.